The second-order valence-electron chi connectivity index (χ2n) is 5.29. The number of phenolic OH excluding ortho intramolecular Hbond substituents is 1. The predicted molar refractivity (Wildman–Crippen MR) is 90.5 cm³/mol. The summed E-state index contributed by atoms with van der Waals surface area (Å²) in [6, 6.07) is 10.7. The molecule has 0 fully saturated rings. The first kappa shape index (κ1) is 17.1. The lowest BCUT2D eigenvalue weighted by molar-refractivity contribution is 0.307. The number of hydrogen-bond donors (Lipinski definition) is 2. The fourth-order valence-corrected chi connectivity index (χ4v) is 3.20. The highest BCUT2D eigenvalue weighted by Gasteiger charge is 2.16. The van der Waals surface area contributed by atoms with Crippen LogP contribution in [0.2, 0.25) is 0 Å². The molecule has 0 aliphatic heterocycles. The molecule has 2 aromatic carbocycles. The van der Waals surface area contributed by atoms with E-state index in [1.807, 2.05) is 6.92 Å². The van der Waals surface area contributed by atoms with Crippen molar-refractivity contribution in [1.29, 1.82) is 0 Å². The quantitative estimate of drug-likeness (QED) is 0.757. The Bertz CT molecular complexity index is 772. The Morgan fingerprint density at radius 1 is 1.17 bits per heavy atom. The van der Waals surface area contributed by atoms with Crippen LogP contribution in [0.5, 0.6) is 11.5 Å². The van der Waals surface area contributed by atoms with Crippen LogP contribution in [0, 0.1) is 6.92 Å². The van der Waals surface area contributed by atoms with E-state index in [-0.39, 0.29) is 10.6 Å². The molecule has 124 valence electrons. The highest BCUT2D eigenvalue weighted by atomic mass is 32.2. The van der Waals surface area contributed by atoms with E-state index < -0.39 is 10.0 Å². The van der Waals surface area contributed by atoms with Gasteiger partial charge in [0.1, 0.15) is 11.5 Å². The lowest BCUT2D eigenvalue weighted by atomic mass is 10.2. The van der Waals surface area contributed by atoms with Crippen molar-refractivity contribution in [3.05, 3.63) is 48.0 Å². The fourth-order valence-electron chi connectivity index (χ4n) is 2.06. The zero-order valence-corrected chi connectivity index (χ0v) is 14.1. The third-order valence-corrected chi connectivity index (χ3v) is 4.69. The third kappa shape index (κ3) is 4.63. The number of nitrogens with one attached hydrogen (secondary N) is 1. The molecule has 0 unspecified atom stereocenters. The van der Waals surface area contributed by atoms with Gasteiger partial charge in [-0.2, -0.15) is 0 Å². The van der Waals surface area contributed by atoms with Gasteiger partial charge in [-0.1, -0.05) is 19.4 Å². The first-order valence-corrected chi connectivity index (χ1v) is 8.96. The average molecular weight is 335 g/mol. The molecule has 0 aliphatic rings. The first-order valence-electron chi connectivity index (χ1n) is 7.47. The number of hydrogen-bond acceptors (Lipinski definition) is 4. The summed E-state index contributed by atoms with van der Waals surface area (Å²) in [6.45, 7) is 4.51. The van der Waals surface area contributed by atoms with Crippen LogP contribution in [-0.2, 0) is 10.0 Å². The van der Waals surface area contributed by atoms with Gasteiger partial charge in [0, 0.05) is 6.07 Å². The molecule has 6 heteroatoms. The normalized spacial score (nSPS) is 11.2. The molecule has 5 nitrogen and oxygen atoms in total. The van der Waals surface area contributed by atoms with Gasteiger partial charge in [-0.15, -0.1) is 0 Å². The first-order chi connectivity index (χ1) is 10.9. The van der Waals surface area contributed by atoms with E-state index in [0.717, 1.165) is 18.4 Å². The molecule has 0 aromatic heterocycles. The molecule has 0 saturated heterocycles. The van der Waals surface area contributed by atoms with Crippen LogP contribution in [0.1, 0.15) is 25.3 Å². The molecule has 2 N–H and O–H groups in total. The molecule has 0 bridgehead atoms. The van der Waals surface area contributed by atoms with Crippen molar-refractivity contribution in [2.45, 2.75) is 31.6 Å². The molecule has 0 saturated carbocycles. The standard InChI is InChI=1S/C17H21NO4S/c1-3-4-10-22-17-9-8-16(11-13(17)2)23(20,21)18-14-6-5-7-15(19)12-14/h5-9,11-12,18-19H,3-4,10H2,1-2H3. The topological polar surface area (TPSA) is 75.6 Å². The Balaban J connectivity index is 2.18. The largest absolute Gasteiger partial charge is 0.508 e. The Kier molecular flexibility index (Phi) is 5.50. The van der Waals surface area contributed by atoms with Gasteiger partial charge in [-0.3, -0.25) is 4.72 Å². The lowest BCUT2D eigenvalue weighted by Crippen LogP contribution is -2.13. The van der Waals surface area contributed by atoms with Crippen molar-refractivity contribution in [3.8, 4) is 11.5 Å². The zero-order valence-electron chi connectivity index (χ0n) is 13.2. The molecule has 2 aromatic rings. The number of ether oxygens (including phenoxy) is 1. The maximum absolute atomic E-state index is 12.4. The minimum absolute atomic E-state index is 0.000975. The molecular weight excluding hydrogens is 314 g/mol. The Morgan fingerprint density at radius 3 is 2.61 bits per heavy atom. The summed E-state index contributed by atoms with van der Waals surface area (Å²) >= 11 is 0. The second-order valence-corrected chi connectivity index (χ2v) is 6.97. The number of benzene rings is 2. The van der Waals surface area contributed by atoms with Crippen LogP contribution < -0.4 is 9.46 Å². The minimum Gasteiger partial charge on any atom is -0.508 e. The summed E-state index contributed by atoms with van der Waals surface area (Å²) in [4.78, 5) is 0.154. The third-order valence-electron chi connectivity index (χ3n) is 3.31. The van der Waals surface area contributed by atoms with Gasteiger partial charge >= 0.3 is 0 Å². The summed E-state index contributed by atoms with van der Waals surface area (Å²) in [5.41, 5.74) is 1.07. The Labute approximate surface area is 137 Å². The molecule has 2 rings (SSSR count). The van der Waals surface area contributed by atoms with E-state index in [4.69, 9.17) is 4.74 Å². The Hall–Kier alpha value is -2.21. The summed E-state index contributed by atoms with van der Waals surface area (Å²) in [5.74, 6) is 0.691. The fraction of sp³-hybridized carbons (Fsp3) is 0.294. The lowest BCUT2D eigenvalue weighted by Gasteiger charge is -2.12. The number of aromatic hydroxyl groups is 1. The molecule has 23 heavy (non-hydrogen) atoms. The monoisotopic (exact) mass is 335 g/mol. The van der Waals surface area contributed by atoms with E-state index in [0.29, 0.717) is 18.0 Å². The zero-order chi connectivity index (χ0) is 16.9. The van der Waals surface area contributed by atoms with Crippen molar-refractivity contribution >= 4 is 15.7 Å². The van der Waals surface area contributed by atoms with Gasteiger partial charge in [-0.05, 0) is 49.2 Å². The molecule has 0 spiro atoms. The maximum atomic E-state index is 12.4. The smallest absolute Gasteiger partial charge is 0.261 e. The maximum Gasteiger partial charge on any atom is 0.261 e. The van der Waals surface area contributed by atoms with Crippen LogP contribution in [0.15, 0.2) is 47.4 Å². The summed E-state index contributed by atoms with van der Waals surface area (Å²) < 4.78 is 32.9. The van der Waals surface area contributed by atoms with Crippen LogP contribution >= 0.6 is 0 Å². The number of sulfonamides is 1. The van der Waals surface area contributed by atoms with E-state index >= 15 is 0 Å². The van der Waals surface area contributed by atoms with E-state index in [9.17, 15) is 13.5 Å². The van der Waals surface area contributed by atoms with Crippen molar-refractivity contribution in [1.82, 2.24) is 0 Å². The number of rotatable bonds is 7. The van der Waals surface area contributed by atoms with E-state index in [2.05, 4.69) is 11.6 Å². The van der Waals surface area contributed by atoms with Crippen molar-refractivity contribution < 1.29 is 18.3 Å². The van der Waals surface area contributed by atoms with Gasteiger partial charge in [0.15, 0.2) is 0 Å². The van der Waals surface area contributed by atoms with Crippen molar-refractivity contribution in [2.75, 3.05) is 11.3 Å². The minimum atomic E-state index is -3.71. The number of aryl methyl sites for hydroxylation is 1. The van der Waals surface area contributed by atoms with Gasteiger partial charge in [-0.25, -0.2) is 8.42 Å². The van der Waals surface area contributed by atoms with Crippen LogP contribution in [-0.4, -0.2) is 20.1 Å². The molecule has 0 aliphatic carbocycles. The summed E-state index contributed by atoms with van der Waals surface area (Å²) in [5, 5.41) is 9.41. The molecule has 0 radical (unpaired) electrons. The number of phenols is 1. The van der Waals surface area contributed by atoms with E-state index in [1.54, 1.807) is 24.3 Å². The van der Waals surface area contributed by atoms with Gasteiger partial charge in [0.25, 0.3) is 10.0 Å². The van der Waals surface area contributed by atoms with Crippen LogP contribution in [0.25, 0.3) is 0 Å². The Morgan fingerprint density at radius 2 is 1.96 bits per heavy atom. The van der Waals surface area contributed by atoms with Crippen molar-refractivity contribution in [3.63, 3.8) is 0 Å². The molecule has 0 amide bonds. The molecular formula is C17H21NO4S. The summed E-state index contributed by atoms with van der Waals surface area (Å²) in [7, 11) is -3.71. The molecule has 0 atom stereocenters. The SMILES string of the molecule is CCCCOc1ccc(S(=O)(=O)Nc2cccc(O)c2)cc1C. The van der Waals surface area contributed by atoms with Crippen LogP contribution in [0.3, 0.4) is 0 Å². The van der Waals surface area contributed by atoms with Gasteiger partial charge in [0.05, 0.1) is 17.2 Å². The van der Waals surface area contributed by atoms with Crippen LogP contribution in [0.4, 0.5) is 5.69 Å². The van der Waals surface area contributed by atoms with E-state index in [1.165, 1.54) is 18.2 Å². The highest BCUT2D eigenvalue weighted by Crippen LogP contribution is 2.24. The predicted octanol–water partition coefficient (Wildman–Crippen LogP) is 3.68. The average Bonchev–Trinajstić information content (AvgIpc) is 2.48. The highest BCUT2D eigenvalue weighted by molar-refractivity contribution is 7.92. The number of unbranched alkanes of at least 4 members (excludes halogenated alkanes) is 1. The van der Waals surface area contributed by atoms with Gasteiger partial charge in [0.2, 0.25) is 0 Å². The number of anilines is 1. The molecule has 0 heterocycles. The van der Waals surface area contributed by atoms with Crippen molar-refractivity contribution in [2.24, 2.45) is 0 Å². The summed E-state index contributed by atoms with van der Waals surface area (Å²) in [6.07, 6.45) is 2.00. The second kappa shape index (κ2) is 7.37. The van der Waals surface area contributed by atoms with Gasteiger partial charge < -0.3 is 9.84 Å².